The summed E-state index contributed by atoms with van der Waals surface area (Å²) in [5.41, 5.74) is 5.17. The van der Waals surface area contributed by atoms with Gasteiger partial charge in [-0.3, -0.25) is 0 Å². The maximum atomic E-state index is 8.91. The molecule has 0 heterocycles. The summed E-state index contributed by atoms with van der Waals surface area (Å²) in [6, 6.07) is 16.5. The SMILES string of the molecule is CCCc1ccc(Nc2ccc(C#N)c(C)c2)cc1. The molecule has 2 rings (SSSR count). The van der Waals surface area contributed by atoms with Gasteiger partial charge in [-0.1, -0.05) is 25.5 Å². The van der Waals surface area contributed by atoms with E-state index in [-0.39, 0.29) is 0 Å². The van der Waals surface area contributed by atoms with Gasteiger partial charge in [0.1, 0.15) is 0 Å². The number of anilines is 2. The molecule has 96 valence electrons. The average Bonchev–Trinajstić information content (AvgIpc) is 2.42. The number of hydrogen-bond acceptors (Lipinski definition) is 2. The lowest BCUT2D eigenvalue weighted by Crippen LogP contribution is -1.92. The van der Waals surface area contributed by atoms with Crippen molar-refractivity contribution in [2.45, 2.75) is 26.7 Å². The van der Waals surface area contributed by atoms with Gasteiger partial charge in [-0.15, -0.1) is 0 Å². The van der Waals surface area contributed by atoms with Gasteiger partial charge in [0, 0.05) is 11.4 Å². The number of rotatable bonds is 4. The fourth-order valence-electron chi connectivity index (χ4n) is 2.08. The van der Waals surface area contributed by atoms with Crippen LogP contribution in [0.25, 0.3) is 0 Å². The van der Waals surface area contributed by atoms with E-state index < -0.39 is 0 Å². The van der Waals surface area contributed by atoms with Crippen LogP contribution in [0.3, 0.4) is 0 Å². The summed E-state index contributed by atoms with van der Waals surface area (Å²) < 4.78 is 0. The van der Waals surface area contributed by atoms with E-state index in [9.17, 15) is 0 Å². The van der Waals surface area contributed by atoms with E-state index >= 15 is 0 Å². The first-order valence-corrected chi connectivity index (χ1v) is 6.59. The lowest BCUT2D eigenvalue weighted by atomic mass is 10.1. The van der Waals surface area contributed by atoms with E-state index in [1.807, 2.05) is 25.1 Å². The van der Waals surface area contributed by atoms with Gasteiger partial charge in [0.25, 0.3) is 0 Å². The zero-order valence-electron chi connectivity index (χ0n) is 11.4. The highest BCUT2D eigenvalue weighted by atomic mass is 14.9. The number of nitriles is 1. The van der Waals surface area contributed by atoms with Crippen molar-refractivity contribution in [1.29, 1.82) is 5.26 Å². The first kappa shape index (κ1) is 13.2. The summed E-state index contributed by atoms with van der Waals surface area (Å²) >= 11 is 0. The Morgan fingerprint density at radius 2 is 1.74 bits per heavy atom. The molecule has 0 atom stereocenters. The molecule has 0 saturated heterocycles. The summed E-state index contributed by atoms with van der Waals surface area (Å²) in [7, 11) is 0. The molecule has 2 aromatic carbocycles. The van der Waals surface area contributed by atoms with E-state index in [0.717, 1.165) is 28.9 Å². The minimum absolute atomic E-state index is 0.726. The normalized spacial score (nSPS) is 9.95. The van der Waals surface area contributed by atoms with Crippen molar-refractivity contribution >= 4 is 11.4 Å². The van der Waals surface area contributed by atoms with Crippen LogP contribution < -0.4 is 5.32 Å². The van der Waals surface area contributed by atoms with Crippen LogP contribution in [0.4, 0.5) is 11.4 Å². The molecule has 2 nitrogen and oxygen atoms in total. The Kier molecular flexibility index (Phi) is 4.20. The van der Waals surface area contributed by atoms with E-state index in [1.165, 1.54) is 12.0 Å². The first-order chi connectivity index (χ1) is 9.22. The molecule has 2 aromatic rings. The Morgan fingerprint density at radius 1 is 1.05 bits per heavy atom. The number of hydrogen-bond donors (Lipinski definition) is 1. The second kappa shape index (κ2) is 6.06. The summed E-state index contributed by atoms with van der Waals surface area (Å²) in [6.45, 7) is 4.14. The van der Waals surface area contributed by atoms with E-state index in [4.69, 9.17) is 5.26 Å². The third-order valence-corrected chi connectivity index (χ3v) is 3.13. The van der Waals surface area contributed by atoms with Gasteiger partial charge in [-0.25, -0.2) is 0 Å². The fraction of sp³-hybridized carbons (Fsp3) is 0.235. The highest BCUT2D eigenvalue weighted by molar-refractivity contribution is 5.62. The topological polar surface area (TPSA) is 35.8 Å². The molecule has 0 fully saturated rings. The molecule has 0 aliphatic carbocycles. The number of nitrogens with one attached hydrogen (secondary N) is 1. The van der Waals surface area contributed by atoms with Crippen LogP contribution in [-0.4, -0.2) is 0 Å². The van der Waals surface area contributed by atoms with E-state index in [2.05, 4.69) is 42.6 Å². The molecule has 0 amide bonds. The summed E-state index contributed by atoms with van der Waals surface area (Å²) in [5.74, 6) is 0. The van der Waals surface area contributed by atoms with Crippen LogP contribution in [0.15, 0.2) is 42.5 Å². The highest BCUT2D eigenvalue weighted by Crippen LogP contribution is 2.20. The van der Waals surface area contributed by atoms with Gasteiger partial charge in [-0.05, 0) is 54.8 Å². The molecule has 0 aliphatic rings. The molecule has 19 heavy (non-hydrogen) atoms. The molecule has 0 saturated carbocycles. The number of nitrogens with zero attached hydrogens (tertiary/aromatic N) is 1. The smallest absolute Gasteiger partial charge is 0.0994 e. The Balaban J connectivity index is 2.13. The van der Waals surface area contributed by atoms with Crippen molar-refractivity contribution in [2.24, 2.45) is 0 Å². The number of benzene rings is 2. The third kappa shape index (κ3) is 3.35. The van der Waals surface area contributed by atoms with Crippen molar-refractivity contribution in [3.63, 3.8) is 0 Å². The minimum atomic E-state index is 0.726. The number of aryl methyl sites for hydroxylation is 2. The van der Waals surface area contributed by atoms with Crippen molar-refractivity contribution in [3.8, 4) is 6.07 Å². The Labute approximate surface area is 114 Å². The second-order valence-corrected chi connectivity index (χ2v) is 4.71. The third-order valence-electron chi connectivity index (χ3n) is 3.13. The van der Waals surface area contributed by atoms with Gasteiger partial charge in [0.2, 0.25) is 0 Å². The van der Waals surface area contributed by atoms with Crippen LogP contribution >= 0.6 is 0 Å². The first-order valence-electron chi connectivity index (χ1n) is 6.59. The van der Waals surface area contributed by atoms with Gasteiger partial charge in [0.15, 0.2) is 0 Å². The van der Waals surface area contributed by atoms with Crippen molar-refractivity contribution in [1.82, 2.24) is 0 Å². The van der Waals surface area contributed by atoms with Crippen molar-refractivity contribution in [3.05, 3.63) is 59.2 Å². The van der Waals surface area contributed by atoms with E-state index in [0.29, 0.717) is 0 Å². The fourth-order valence-corrected chi connectivity index (χ4v) is 2.08. The summed E-state index contributed by atoms with van der Waals surface area (Å²) in [6.07, 6.45) is 2.29. The molecule has 0 bridgehead atoms. The van der Waals surface area contributed by atoms with Crippen LogP contribution in [0.1, 0.15) is 30.0 Å². The van der Waals surface area contributed by atoms with Gasteiger partial charge in [-0.2, -0.15) is 5.26 Å². The predicted octanol–water partition coefficient (Wildman–Crippen LogP) is 4.56. The van der Waals surface area contributed by atoms with Crippen molar-refractivity contribution in [2.75, 3.05) is 5.32 Å². The van der Waals surface area contributed by atoms with Crippen LogP contribution in [-0.2, 0) is 6.42 Å². The predicted molar refractivity (Wildman–Crippen MR) is 79.6 cm³/mol. The minimum Gasteiger partial charge on any atom is -0.356 e. The quantitative estimate of drug-likeness (QED) is 0.863. The summed E-state index contributed by atoms with van der Waals surface area (Å²) in [4.78, 5) is 0. The van der Waals surface area contributed by atoms with Gasteiger partial charge >= 0.3 is 0 Å². The zero-order valence-corrected chi connectivity index (χ0v) is 11.4. The van der Waals surface area contributed by atoms with E-state index in [1.54, 1.807) is 0 Å². The molecular weight excluding hydrogens is 232 g/mol. The Bertz CT molecular complexity index is 592. The Hall–Kier alpha value is -2.27. The largest absolute Gasteiger partial charge is 0.356 e. The van der Waals surface area contributed by atoms with Crippen LogP contribution in [0.5, 0.6) is 0 Å². The zero-order chi connectivity index (χ0) is 13.7. The molecule has 0 spiro atoms. The summed E-state index contributed by atoms with van der Waals surface area (Å²) in [5, 5.41) is 12.3. The average molecular weight is 250 g/mol. The maximum absolute atomic E-state index is 8.91. The molecule has 0 aliphatic heterocycles. The molecule has 1 N–H and O–H groups in total. The molecule has 2 heteroatoms. The molecular formula is C17H18N2. The van der Waals surface area contributed by atoms with Crippen LogP contribution in [0, 0.1) is 18.3 Å². The lowest BCUT2D eigenvalue weighted by molar-refractivity contribution is 0.922. The standard InChI is InChI=1S/C17H18N2/c1-3-4-14-5-8-16(9-6-14)19-17-10-7-15(12-18)13(2)11-17/h5-11,19H,3-4H2,1-2H3. The van der Waals surface area contributed by atoms with Crippen molar-refractivity contribution < 1.29 is 0 Å². The van der Waals surface area contributed by atoms with Gasteiger partial charge < -0.3 is 5.32 Å². The maximum Gasteiger partial charge on any atom is 0.0994 e. The molecule has 0 radical (unpaired) electrons. The second-order valence-electron chi connectivity index (χ2n) is 4.71. The molecule has 0 unspecified atom stereocenters. The highest BCUT2D eigenvalue weighted by Gasteiger charge is 2.00. The Morgan fingerprint density at radius 3 is 2.32 bits per heavy atom. The lowest BCUT2D eigenvalue weighted by Gasteiger charge is -2.09. The monoisotopic (exact) mass is 250 g/mol. The molecule has 0 aromatic heterocycles. The van der Waals surface area contributed by atoms with Gasteiger partial charge in [0.05, 0.1) is 11.6 Å². The van der Waals surface area contributed by atoms with Crippen LogP contribution in [0.2, 0.25) is 0 Å².